The third-order valence-corrected chi connectivity index (χ3v) is 3.85. The minimum absolute atomic E-state index is 0.148. The first-order valence-electron chi connectivity index (χ1n) is 8.47. The number of nitrogens with zero attached hydrogens (tertiary/aromatic N) is 1. The largest absolute Gasteiger partial charge is 0.343 e. The zero-order valence-corrected chi connectivity index (χ0v) is 14.9. The molecule has 0 saturated carbocycles. The number of hydrogen-bond donors (Lipinski definition) is 2. The fraction of sp³-hybridized carbons (Fsp3) is 0.474. The Morgan fingerprint density at radius 1 is 1.25 bits per heavy atom. The molecule has 0 saturated heterocycles. The van der Waals surface area contributed by atoms with Gasteiger partial charge in [-0.1, -0.05) is 50.8 Å². The normalized spacial score (nSPS) is 13.0. The van der Waals surface area contributed by atoms with Gasteiger partial charge in [0.15, 0.2) is 0 Å². The smallest absolute Gasteiger partial charge is 0.249 e. The Bertz CT molecular complexity index is 557. The highest BCUT2D eigenvalue weighted by atomic mass is 16.2. The molecule has 0 heterocycles. The summed E-state index contributed by atoms with van der Waals surface area (Å²) in [6.45, 7) is 10.1. The molecule has 3 N–H and O–H groups in total. The first kappa shape index (κ1) is 19.9. The minimum Gasteiger partial charge on any atom is -0.343 e. The number of amides is 2. The van der Waals surface area contributed by atoms with Crippen LogP contribution >= 0.6 is 0 Å². The van der Waals surface area contributed by atoms with E-state index in [4.69, 9.17) is 5.73 Å². The molecule has 132 valence electrons. The van der Waals surface area contributed by atoms with Crippen LogP contribution in [0, 0.1) is 0 Å². The molecule has 0 spiro atoms. The van der Waals surface area contributed by atoms with Crippen LogP contribution in [0.5, 0.6) is 0 Å². The van der Waals surface area contributed by atoms with Crippen LogP contribution in [-0.4, -0.2) is 35.3 Å². The summed E-state index contributed by atoms with van der Waals surface area (Å²) in [5.74, 6) is -0.449. The van der Waals surface area contributed by atoms with Crippen molar-refractivity contribution in [1.82, 2.24) is 10.2 Å². The average molecular weight is 331 g/mol. The Kier molecular flexibility index (Phi) is 8.19. The van der Waals surface area contributed by atoms with Gasteiger partial charge in [0.25, 0.3) is 0 Å². The Morgan fingerprint density at radius 3 is 2.38 bits per heavy atom. The second kappa shape index (κ2) is 9.88. The Morgan fingerprint density at radius 2 is 1.88 bits per heavy atom. The summed E-state index contributed by atoms with van der Waals surface area (Å²) >= 11 is 0. The summed E-state index contributed by atoms with van der Waals surface area (Å²) in [5, 5.41) is 2.81. The van der Waals surface area contributed by atoms with Gasteiger partial charge in [-0.15, -0.1) is 0 Å². The van der Waals surface area contributed by atoms with Crippen LogP contribution in [0.15, 0.2) is 42.6 Å². The van der Waals surface area contributed by atoms with Gasteiger partial charge in [0.1, 0.15) is 6.04 Å². The molecular formula is C19H29N3O2. The number of carbonyl (C=O) groups excluding carboxylic acids is 2. The van der Waals surface area contributed by atoms with Crippen molar-refractivity contribution in [2.75, 3.05) is 6.54 Å². The van der Waals surface area contributed by atoms with Crippen molar-refractivity contribution in [1.29, 1.82) is 0 Å². The van der Waals surface area contributed by atoms with E-state index in [0.717, 1.165) is 12.0 Å². The molecule has 2 amide bonds. The van der Waals surface area contributed by atoms with Gasteiger partial charge in [-0.3, -0.25) is 9.59 Å². The lowest BCUT2D eigenvalue weighted by Gasteiger charge is -2.28. The predicted octanol–water partition coefficient (Wildman–Crippen LogP) is 2.22. The lowest BCUT2D eigenvalue weighted by molar-refractivity contribution is -0.135. The fourth-order valence-electron chi connectivity index (χ4n) is 2.41. The summed E-state index contributed by atoms with van der Waals surface area (Å²) < 4.78 is 0. The second-order valence-electron chi connectivity index (χ2n) is 5.99. The van der Waals surface area contributed by atoms with Gasteiger partial charge in [-0.2, -0.15) is 0 Å². The monoisotopic (exact) mass is 331 g/mol. The van der Waals surface area contributed by atoms with E-state index in [-0.39, 0.29) is 11.8 Å². The van der Waals surface area contributed by atoms with Gasteiger partial charge in [0, 0.05) is 18.7 Å². The Balaban J connectivity index is 3.00. The Hall–Kier alpha value is -2.14. The van der Waals surface area contributed by atoms with Gasteiger partial charge in [0.2, 0.25) is 11.8 Å². The van der Waals surface area contributed by atoms with Crippen LogP contribution in [0.1, 0.15) is 39.2 Å². The van der Waals surface area contributed by atoms with Crippen LogP contribution in [0.2, 0.25) is 0 Å². The molecule has 0 radical (unpaired) electrons. The Labute approximate surface area is 144 Å². The van der Waals surface area contributed by atoms with Crippen molar-refractivity contribution in [3.63, 3.8) is 0 Å². The van der Waals surface area contributed by atoms with Crippen LogP contribution < -0.4 is 11.1 Å². The third-order valence-electron chi connectivity index (χ3n) is 3.85. The zero-order chi connectivity index (χ0) is 18.1. The highest BCUT2D eigenvalue weighted by molar-refractivity contribution is 5.90. The molecule has 0 aliphatic heterocycles. The van der Waals surface area contributed by atoms with E-state index in [2.05, 4.69) is 11.9 Å². The van der Waals surface area contributed by atoms with Crippen molar-refractivity contribution >= 4 is 11.8 Å². The van der Waals surface area contributed by atoms with E-state index in [0.29, 0.717) is 25.1 Å². The summed E-state index contributed by atoms with van der Waals surface area (Å²) in [6.07, 6.45) is 1.77. The van der Waals surface area contributed by atoms with E-state index in [1.165, 1.54) is 0 Å². The maximum Gasteiger partial charge on any atom is 0.249 e. The summed E-state index contributed by atoms with van der Waals surface area (Å²) in [6, 6.07) is 8.37. The molecule has 0 aromatic heterocycles. The van der Waals surface area contributed by atoms with Gasteiger partial charge in [-0.05, 0) is 25.3 Å². The number of hydrogen-bond acceptors (Lipinski definition) is 3. The first-order chi connectivity index (χ1) is 11.4. The SMILES string of the molecule is C=C(C)N(CCC)C(=O)C(Cc1ccccc1)NC(=O)C(N)CC. The number of carbonyl (C=O) groups is 2. The van der Waals surface area contributed by atoms with E-state index in [1.54, 1.807) is 11.8 Å². The second-order valence-corrected chi connectivity index (χ2v) is 5.99. The van der Waals surface area contributed by atoms with E-state index in [9.17, 15) is 9.59 Å². The van der Waals surface area contributed by atoms with Gasteiger partial charge >= 0.3 is 0 Å². The minimum atomic E-state index is -0.652. The van der Waals surface area contributed by atoms with Crippen LogP contribution in [0.3, 0.4) is 0 Å². The van der Waals surface area contributed by atoms with Gasteiger partial charge < -0.3 is 16.0 Å². The predicted molar refractivity (Wildman–Crippen MR) is 97.2 cm³/mol. The molecule has 1 aromatic carbocycles. The van der Waals surface area contributed by atoms with Crippen molar-refractivity contribution in [3.8, 4) is 0 Å². The molecule has 0 aliphatic rings. The van der Waals surface area contributed by atoms with Crippen molar-refractivity contribution in [2.45, 2.75) is 52.1 Å². The number of rotatable bonds is 9. The molecule has 2 unspecified atom stereocenters. The third kappa shape index (κ3) is 5.81. The average Bonchev–Trinajstić information content (AvgIpc) is 2.58. The number of allylic oxidation sites excluding steroid dienone is 1. The van der Waals surface area contributed by atoms with Crippen LogP contribution in [0.4, 0.5) is 0 Å². The van der Waals surface area contributed by atoms with E-state index in [1.807, 2.05) is 44.2 Å². The molecule has 5 heteroatoms. The molecule has 24 heavy (non-hydrogen) atoms. The lowest BCUT2D eigenvalue weighted by atomic mass is 10.0. The highest BCUT2D eigenvalue weighted by Crippen LogP contribution is 2.11. The maximum atomic E-state index is 12.9. The lowest BCUT2D eigenvalue weighted by Crippen LogP contribution is -2.53. The standard InChI is InChI=1S/C19H29N3O2/c1-5-12-22(14(3)4)19(24)17(21-18(23)16(20)6-2)13-15-10-8-7-9-11-15/h7-11,16-17H,3,5-6,12-13,20H2,1-2,4H3,(H,21,23). The molecule has 2 atom stereocenters. The molecule has 1 rings (SSSR count). The topological polar surface area (TPSA) is 75.4 Å². The van der Waals surface area contributed by atoms with Crippen molar-refractivity contribution in [3.05, 3.63) is 48.2 Å². The maximum absolute atomic E-state index is 12.9. The van der Waals surface area contributed by atoms with E-state index >= 15 is 0 Å². The van der Waals surface area contributed by atoms with Crippen LogP contribution in [-0.2, 0) is 16.0 Å². The summed E-state index contributed by atoms with van der Waals surface area (Å²) in [7, 11) is 0. The van der Waals surface area contributed by atoms with Gasteiger partial charge in [0.05, 0.1) is 6.04 Å². The zero-order valence-electron chi connectivity index (χ0n) is 14.9. The van der Waals surface area contributed by atoms with Crippen molar-refractivity contribution in [2.24, 2.45) is 5.73 Å². The highest BCUT2D eigenvalue weighted by Gasteiger charge is 2.27. The number of benzene rings is 1. The molecule has 5 nitrogen and oxygen atoms in total. The quantitative estimate of drug-likeness (QED) is 0.728. The number of nitrogens with two attached hydrogens (primary N) is 1. The summed E-state index contributed by atoms with van der Waals surface area (Å²) in [4.78, 5) is 26.8. The molecule has 0 aliphatic carbocycles. The molecular weight excluding hydrogens is 302 g/mol. The molecule has 1 aromatic rings. The summed E-state index contributed by atoms with van der Waals surface area (Å²) in [5.41, 5.74) is 7.46. The molecule has 0 bridgehead atoms. The van der Waals surface area contributed by atoms with Crippen molar-refractivity contribution < 1.29 is 9.59 Å². The fourth-order valence-corrected chi connectivity index (χ4v) is 2.41. The van der Waals surface area contributed by atoms with Crippen LogP contribution in [0.25, 0.3) is 0 Å². The number of nitrogens with one attached hydrogen (secondary N) is 1. The van der Waals surface area contributed by atoms with Gasteiger partial charge in [-0.25, -0.2) is 0 Å². The van der Waals surface area contributed by atoms with E-state index < -0.39 is 12.1 Å². The molecule has 0 fully saturated rings. The first-order valence-corrected chi connectivity index (χ1v) is 8.47.